The summed E-state index contributed by atoms with van der Waals surface area (Å²) in [4.78, 5) is 28.0. The van der Waals surface area contributed by atoms with Crippen molar-refractivity contribution in [3.05, 3.63) is 58.1 Å². The van der Waals surface area contributed by atoms with Gasteiger partial charge in [-0.1, -0.05) is 42.3 Å². The Morgan fingerprint density at radius 1 is 1.06 bits per heavy atom. The van der Waals surface area contributed by atoms with Gasteiger partial charge in [0.25, 0.3) is 0 Å². The van der Waals surface area contributed by atoms with Crippen LogP contribution in [-0.2, 0) is 26.2 Å². The van der Waals surface area contributed by atoms with Gasteiger partial charge in [-0.15, -0.1) is 0 Å². The number of hydrogen-bond donors (Lipinski definition) is 1. The smallest absolute Gasteiger partial charge is 0.244 e. The Balaban J connectivity index is 2.46. The fraction of sp³-hybridized carbons (Fsp3) is 0.417. The van der Waals surface area contributed by atoms with Crippen molar-refractivity contribution in [2.75, 3.05) is 24.2 Å². The molecule has 0 saturated heterocycles. The van der Waals surface area contributed by atoms with E-state index in [1.807, 2.05) is 13.8 Å². The first-order valence-corrected chi connectivity index (χ1v) is 13.6. The molecule has 1 N–H and O–H groups in total. The Labute approximate surface area is 217 Å². The summed E-state index contributed by atoms with van der Waals surface area (Å²) in [5.74, 6) is -0.216. The molecule has 11 heteroatoms. The summed E-state index contributed by atoms with van der Waals surface area (Å²) >= 11 is 12.1. The molecular formula is C24H31Cl2N3O5S. The van der Waals surface area contributed by atoms with Crippen LogP contribution in [0.15, 0.2) is 42.5 Å². The van der Waals surface area contributed by atoms with Gasteiger partial charge in [-0.2, -0.15) is 0 Å². The van der Waals surface area contributed by atoms with Crippen LogP contribution in [0.1, 0.15) is 32.8 Å². The third kappa shape index (κ3) is 8.30. The molecule has 2 aromatic carbocycles. The lowest BCUT2D eigenvalue weighted by atomic mass is 10.1. The topological polar surface area (TPSA) is 96.0 Å². The third-order valence-electron chi connectivity index (χ3n) is 5.14. The number of nitrogens with one attached hydrogen (secondary N) is 1. The number of carbonyl (C=O) groups excluding carboxylic acids is 2. The van der Waals surface area contributed by atoms with E-state index in [0.29, 0.717) is 12.2 Å². The highest BCUT2D eigenvalue weighted by Gasteiger charge is 2.32. The molecule has 2 amide bonds. The predicted octanol–water partition coefficient (Wildman–Crippen LogP) is 4.10. The Morgan fingerprint density at radius 2 is 1.63 bits per heavy atom. The number of anilines is 1. The molecule has 0 saturated carbocycles. The Hall–Kier alpha value is -2.49. The number of sulfonamides is 1. The molecule has 0 radical (unpaired) electrons. The van der Waals surface area contributed by atoms with Crippen LogP contribution in [0.3, 0.4) is 0 Å². The molecule has 0 bridgehead atoms. The van der Waals surface area contributed by atoms with Gasteiger partial charge in [0.05, 0.1) is 19.1 Å². The predicted molar refractivity (Wildman–Crippen MR) is 140 cm³/mol. The fourth-order valence-corrected chi connectivity index (χ4v) is 4.87. The Kier molecular flexibility index (Phi) is 10.2. The highest BCUT2D eigenvalue weighted by atomic mass is 35.5. The summed E-state index contributed by atoms with van der Waals surface area (Å²) in [5, 5.41) is 3.30. The van der Waals surface area contributed by atoms with Gasteiger partial charge in [-0.25, -0.2) is 8.42 Å². The molecule has 0 aromatic heterocycles. The van der Waals surface area contributed by atoms with Gasteiger partial charge in [0, 0.05) is 22.6 Å². The minimum atomic E-state index is -3.88. The normalized spacial score (nSPS) is 12.2. The van der Waals surface area contributed by atoms with Gasteiger partial charge < -0.3 is 15.0 Å². The van der Waals surface area contributed by atoms with Crippen LogP contribution >= 0.6 is 23.2 Å². The molecule has 1 atom stereocenters. The number of carbonyl (C=O) groups is 2. The summed E-state index contributed by atoms with van der Waals surface area (Å²) < 4.78 is 31.4. The van der Waals surface area contributed by atoms with Gasteiger partial charge >= 0.3 is 0 Å². The minimum absolute atomic E-state index is 0.0980. The second-order valence-corrected chi connectivity index (χ2v) is 11.1. The average Bonchev–Trinajstić information content (AvgIpc) is 2.75. The summed E-state index contributed by atoms with van der Waals surface area (Å²) in [7, 11) is -2.33. The highest BCUT2D eigenvalue weighted by molar-refractivity contribution is 7.92. The molecule has 2 rings (SSSR count). The summed E-state index contributed by atoms with van der Waals surface area (Å²) in [6.45, 7) is 5.02. The van der Waals surface area contributed by atoms with Crippen molar-refractivity contribution in [2.45, 2.75) is 45.8 Å². The van der Waals surface area contributed by atoms with Crippen molar-refractivity contribution in [3.8, 4) is 5.75 Å². The van der Waals surface area contributed by atoms with E-state index in [-0.39, 0.29) is 34.2 Å². The van der Waals surface area contributed by atoms with E-state index in [9.17, 15) is 18.0 Å². The van der Waals surface area contributed by atoms with E-state index in [1.54, 1.807) is 38.3 Å². The number of ether oxygens (including phenoxy) is 1. The van der Waals surface area contributed by atoms with E-state index in [4.69, 9.17) is 27.9 Å². The van der Waals surface area contributed by atoms with Crippen LogP contribution in [0.5, 0.6) is 5.75 Å². The maximum absolute atomic E-state index is 13.6. The summed E-state index contributed by atoms with van der Waals surface area (Å²) in [6, 6.07) is 10.4. The zero-order chi connectivity index (χ0) is 26.3. The quantitative estimate of drug-likeness (QED) is 0.460. The first kappa shape index (κ1) is 28.7. The molecule has 2 aromatic rings. The molecule has 0 spiro atoms. The zero-order valence-electron chi connectivity index (χ0n) is 20.4. The van der Waals surface area contributed by atoms with Crippen LogP contribution in [0.25, 0.3) is 0 Å². The number of nitrogens with zero attached hydrogens (tertiary/aromatic N) is 2. The lowest BCUT2D eigenvalue weighted by Gasteiger charge is -2.33. The van der Waals surface area contributed by atoms with E-state index in [0.717, 1.165) is 16.1 Å². The van der Waals surface area contributed by atoms with Crippen molar-refractivity contribution in [2.24, 2.45) is 0 Å². The molecule has 8 nitrogen and oxygen atoms in total. The van der Waals surface area contributed by atoms with Gasteiger partial charge in [-0.3, -0.25) is 13.9 Å². The first-order chi connectivity index (χ1) is 16.3. The number of hydrogen-bond acceptors (Lipinski definition) is 5. The summed E-state index contributed by atoms with van der Waals surface area (Å²) in [5.41, 5.74) is 0.911. The van der Waals surface area contributed by atoms with Gasteiger partial charge in [0.1, 0.15) is 18.3 Å². The number of rotatable bonds is 11. The van der Waals surface area contributed by atoms with Crippen molar-refractivity contribution < 1.29 is 22.7 Å². The Morgan fingerprint density at radius 3 is 2.09 bits per heavy atom. The molecule has 35 heavy (non-hydrogen) atoms. The number of methoxy groups -OCH3 is 1. The van der Waals surface area contributed by atoms with Crippen LogP contribution < -0.4 is 14.4 Å². The molecule has 0 aliphatic rings. The number of benzene rings is 2. The Bertz CT molecular complexity index is 1120. The van der Waals surface area contributed by atoms with E-state index < -0.39 is 28.5 Å². The van der Waals surface area contributed by atoms with Crippen molar-refractivity contribution in [3.63, 3.8) is 0 Å². The van der Waals surface area contributed by atoms with Crippen LogP contribution in [-0.4, -0.2) is 57.1 Å². The lowest BCUT2D eigenvalue weighted by Crippen LogP contribution is -2.53. The van der Waals surface area contributed by atoms with Crippen molar-refractivity contribution >= 4 is 50.7 Å². The number of amides is 2. The average molecular weight is 545 g/mol. The molecule has 192 valence electrons. The molecule has 0 heterocycles. The van der Waals surface area contributed by atoms with Gasteiger partial charge in [-0.05, 0) is 56.2 Å². The third-order valence-corrected chi connectivity index (χ3v) is 6.72. The summed E-state index contributed by atoms with van der Waals surface area (Å²) in [6.07, 6.45) is 1.33. The van der Waals surface area contributed by atoms with Crippen LogP contribution in [0, 0.1) is 0 Å². The van der Waals surface area contributed by atoms with Crippen molar-refractivity contribution in [1.29, 1.82) is 0 Å². The fourth-order valence-electron chi connectivity index (χ4n) is 3.52. The maximum atomic E-state index is 13.6. The standard InChI is InChI=1S/C24H31Cl2N3O5S/c1-6-22(24(31)27-16(2)3)28(14-17-7-9-21(34-4)10-8-17)23(30)15-29(35(5,32)33)20-12-18(25)11-19(26)13-20/h7-13,16,22H,6,14-15H2,1-5H3,(H,27,31)/t22-/m1/s1. The second kappa shape index (κ2) is 12.5. The van der Waals surface area contributed by atoms with Gasteiger partial charge in [0.15, 0.2) is 0 Å². The largest absolute Gasteiger partial charge is 0.497 e. The highest BCUT2D eigenvalue weighted by Crippen LogP contribution is 2.27. The lowest BCUT2D eigenvalue weighted by molar-refractivity contribution is -0.140. The zero-order valence-corrected chi connectivity index (χ0v) is 22.7. The molecule has 0 aliphatic heterocycles. The van der Waals surface area contributed by atoms with Crippen LogP contribution in [0.4, 0.5) is 5.69 Å². The van der Waals surface area contributed by atoms with Crippen molar-refractivity contribution in [1.82, 2.24) is 10.2 Å². The van der Waals surface area contributed by atoms with E-state index in [2.05, 4.69) is 5.32 Å². The monoisotopic (exact) mass is 543 g/mol. The molecular weight excluding hydrogens is 513 g/mol. The SMILES string of the molecule is CC[C@H](C(=O)NC(C)C)N(Cc1ccc(OC)cc1)C(=O)CN(c1cc(Cl)cc(Cl)c1)S(C)(=O)=O. The molecule has 0 aliphatic carbocycles. The molecule has 0 unspecified atom stereocenters. The molecule has 0 fully saturated rings. The van der Waals surface area contributed by atoms with E-state index in [1.165, 1.54) is 23.1 Å². The van der Waals surface area contributed by atoms with E-state index >= 15 is 0 Å². The minimum Gasteiger partial charge on any atom is -0.497 e. The first-order valence-electron chi connectivity index (χ1n) is 11.0. The maximum Gasteiger partial charge on any atom is 0.244 e. The number of halogens is 2. The second-order valence-electron chi connectivity index (χ2n) is 8.35. The van der Waals surface area contributed by atoms with Gasteiger partial charge in [0.2, 0.25) is 21.8 Å². The van der Waals surface area contributed by atoms with Crippen LogP contribution in [0.2, 0.25) is 10.0 Å².